The van der Waals surface area contributed by atoms with Gasteiger partial charge in [-0.3, -0.25) is 0 Å². The highest BCUT2D eigenvalue weighted by molar-refractivity contribution is 5.74. The molecule has 15 heavy (non-hydrogen) atoms. The molecular formula is C10H20N2O3. The molecule has 0 aromatic rings. The minimum atomic E-state index is 0.00116. The van der Waals surface area contributed by atoms with E-state index in [4.69, 9.17) is 9.47 Å². The monoisotopic (exact) mass is 216 g/mol. The Labute approximate surface area is 90.7 Å². The first kappa shape index (κ1) is 12.3. The summed E-state index contributed by atoms with van der Waals surface area (Å²) in [6.45, 7) is 6.02. The third-order valence-corrected chi connectivity index (χ3v) is 2.35. The van der Waals surface area contributed by atoms with Crippen LogP contribution in [-0.4, -0.2) is 57.5 Å². The summed E-state index contributed by atoms with van der Waals surface area (Å²) in [5.41, 5.74) is 0. The van der Waals surface area contributed by atoms with E-state index in [1.165, 1.54) is 0 Å². The van der Waals surface area contributed by atoms with Crippen molar-refractivity contribution in [2.45, 2.75) is 6.92 Å². The number of amides is 2. The lowest BCUT2D eigenvalue weighted by Gasteiger charge is -2.27. The maximum atomic E-state index is 11.6. The van der Waals surface area contributed by atoms with Crippen LogP contribution in [0.3, 0.4) is 0 Å². The molecule has 0 aliphatic carbocycles. The SMILES string of the molecule is COCC(C)CNC(=O)N1CCOCC1. The van der Waals surface area contributed by atoms with E-state index in [-0.39, 0.29) is 6.03 Å². The standard InChI is InChI=1S/C10H20N2O3/c1-9(8-14-2)7-11-10(13)12-3-5-15-6-4-12/h9H,3-8H2,1-2H3,(H,11,13). The quantitative estimate of drug-likeness (QED) is 0.736. The second-order valence-electron chi connectivity index (χ2n) is 3.85. The second kappa shape index (κ2) is 6.63. The van der Waals surface area contributed by atoms with Gasteiger partial charge < -0.3 is 19.7 Å². The van der Waals surface area contributed by atoms with E-state index in [1.54, 1.807) is 12.0 Å². The average Bonchev–Trinajstić information content (AvgIpc) is 2.27. The molecule has 88 valence electrons. The summed E-state index contributed by atoms with van der Waals surface area (Å²) >= 11 is 0. The van der Waals surface area contributed by atoms with Crippen molar-refractivity contribution in [1.29, 1.82) is 0 Å². The molecule has 1 unspecified atom stereocenters. The Morgan fingerprint density at radius 2 is 2.20 bits per heavy atom. The molecule has 0 spiro atoms. The van der Waals surface area contributed by atoms with Crippen LogP contribution in [0.15, 0.2) is 0 Å². The molecule has 1 rings (SSSR count). The summed E-state index contributed by atoms with van der Waals surface area (Å²) in [6, 6.07) is 0.00116. The van der Waals surface area contributed by atoms with Gasteiger partial charge in [0.05, 0.1) is 19.8 Å². The maximum Gasteiger partial charge on any atom is 0.317 e. The van der Waals surface area contributed by atoms with Crippen molar-refractivity contribution in [1.82, 2.24) is 10.2 Å². The number of urea groups is 1. The van der Waals surface area contributed by atoms with Crippen molar-refractivity contribution in [3.05, 3.63) is 0 Å². The lowest BCUT2D eigenvalue weighted by atomic mass is 10.2. The zero-order chi connectivity index (χ0) is 11.1. The van der Waals surface area contributed by atoms with Crippen LogP contribution in [0.2, 0.25) is 0 Å². The van der Waals surface area contributed by atoms with Crippen LogP contribution in [0.1, 0.15) is 6.92 Å². The number of carbonyl (C=O) groups is 1. The Balaban J connectivity index is 2.16. The summed E-state index contributed by atoms with van der Waals surface area (Å²) in [4.78, 5) is 13.4. The molecule has 5 heteroatoms. The van der Waals surface area contributed by atoms with Gasteiger partial charge in [-0.2, -0.15) is 0 Å². The molecule has 2 amide bonds. The summed E-state index contributed by atoms with van der Waals surface area (Å²) in [7, 11) is 1.67. The summed E-state index contributed by atoms with van der Waals surface area (Å²) in [5.74, 6) is 0.347. The highest BCUT2D eigenvalue weighted by Gasteiger charge is 2.16. The fourth-order valence-corrected chi connectivity index (χ4v) is 1.48. The van der Waals surface area contributed by atoms with E-state index >= 15 is 0 Å². The Bertz CT molecular complexity index is 193. The molecule has 1 aliphatic heterocycles. The molecule has 0 aromatic carbocycles. The number of carbonyl (C=O) groups excluding carboxylic acids is 1. The summed E-state index contributed by atoms with van der Waals surface area (Å²) < 4.78 is 10.2. The lowest BCUT2D eigenvalue weighted by Crippen LogP contribution is -2.47. The Kier molecular flexibility index (Phi) is 5.42. The van der Waals surface area contributed by atoms with Gasteiger partial charge in [-0.05, 0) is 5.92 Å². The number of hydrogen-bond donors (Lipinski definition) is 1. The van der Waals surface area contributed by atoms with Gasteiger partial charge in [0.1, 0.15) is 0 Å². The van der Waals surface area contributed by atoms with Crippen molar-refractivity contribution < 1.29 is 14.3 Å². The zero-order valence-corrected chi connectivity index (χ0v) is 9.49. The van der Waals surface area contributed by atoms with Crippen LogP contribution >= 0.6 is 0 Å². The summed E-state index contributed by atoms with van der Waals surface area (Å²) in [5, 5.41) is 2.89. The van der Waals surface area contributed by atoms with Crippen LogP contribution in [0.4, 0.5) is 4.79 Å². The number of methoxy groups -OCH3 is 1. The van der Waals surface area contributed by atoms with Crippen LogP contribution in [-0.2, 0) is 9.47 Å². The Morgan fingerprint density at radius 1 is 1.53 bits per heavy atom. The maximum absolute atomic E-state index is 11.6. The Hall–Kier alpha value is -0.810. The van der Waals surface area contributed by atoms with Gasteiger partial charge >= 0.3 is 6.03 Å². The predicted molar refractivity (Wildman–Crippen MR) is 56.8 cm³/mol. The molecular weight excluding hydrogens is 196 g/mol. The summed E-state index contributed by atoms with van der Waals surface area (Å²) in [6.07, 6.45) is 0. The molecule has 0 bridgehead atoms. The van der Waals surface area contributed by atoms with E-state index in [0.29, 0.717) is 45.4 Å². The minimum Gasteiger partial charge on any atom is -0.384 e. The molecule has 1 heterocycles. The van der Waals surface area contributed by atoms with E-state index < -0.39 is 0 Å². The van der Waals surface area contributed by atoms with Gasteiger partial charge in [-0.1, -0.05) is 6.92 Å². The number of hydrogen-bond acceptors (Lipinski definition) is 3. The normalized spacial score (nSPS) is 18.7. The van der Waals surface area contributed by atoms with Gasteiger partial charge in [0.2, 0.25) is 0 Å². The molecule has 0 saturated carbocycles. The van der Waals surface area contributed by atoms with E-state index in [0.717, 1.165) is 0 Å². The van der Waals surface area contributed by atoms with E-state index in [1.807, 2.05) is 6.92 Å². The van der Waals surface area contributed by atoms with Crippen LogP contribution in [0.5, 0.6) is 0 Å². The fraction of sp³-hybridized carbons (Fsp3) is 0.900. The molecule has 0 aromatic heterocycles. The van der Waals surface area contributed by atoms with Gasteiger partial charge in [-0.15, -0.1) is 0 Å². The first-order valence-corrected chi connectivity index (χ1v) is 5.33. The zero-order valence-electron chi connectivity index (χ0n) is 9.49. The van der Waals surface area contributed by atoms with Crippen LogP contribution in [0, 0.1) is 5.92 Å². The number of rotatable bonds is 4. The van der Waals surface area contributed by atoms with Gasteiger partial charge in [0, 0.05) is 26.7 Å². The number of morpholine rings is 1. The largest absolute Gasteiger partial charge is 0.384 e. The molecule has 1 N–H and O–H groups in total. The van der Waals surface area contributed by atoms with Crippen molar-refractivity contribution in [2.75, 3.05) is 46.6 Å². The van der Waals surface area contributed by atoms with E-state index in [9.17, 15) is 4.79 Å². The predicted octanol–water partition coefficient (Wildman–Crippen LogP) is 0.311. The highest BCUT2D eigenvalue weighted by Crippen LogP contribution is 1.98. The fourth-order valence-electron chi connectivity index (χ4n) is 1.48. The Morgan fingerprint density at radius 3 is 2.80 bits per heavy atom. The van der Waals surface area contributed by atoms with Gasteiger partial charge in [-0.25, -0.2) is 4.79 Å². The average molecular weight is 216 g/mol. The minimum absolute atomic E-state index is 0.00116. The topological polar surface area (TPSA) is 50.8 Å². The first-order valence-electron chi connectivity index (χ1n) is 5.33. The molecule has 1 aliphatic rings. The van der Waals surface area contributed by atoms with Crippen LogP contribution < -0.4 is 5.32 Å². The number of nitrogens with one attached hydrogen (secondary N) is 1. The highest BCUT2D eigenvalue weighted by atomic mass is 16.5. The van der Waals surface area contributed by atoms with Gasteiger partial charge in [0.15, 0.2) is 0 Å². The smallest absolute Gasteiger partial charge is 0.317 e. The van der Waals surface area contributed by atoms with Gasteiger partial charge in [0.25, 0.3) is 0 Å². The lowest BCUT2D eigenvalue weighted by molar-refractivity contribution is 0.0527. The van der Waals surface area contributed by atoms with Crippen molar-refractivity contribution in [2.24, 2.45) is 5.92 Å². The number of nitrogens with zero attached hydrogens (tertiary/aromatic N) is 1. The van der Waals surface area contributed by atoms with Crippen molar-refractivity contribution in [3.63, 3.8) is 0 Å². The number of ether oxygens (including phenoxy) is 2. The molecule has 1 atom stereocenters. The van der Waals surface area contributed by atoms with E-state index in [2.05, 4.69) is 5.32 Å². The molecule has 1 saturated heterocycles. The van der Waals surface area contributed by atoms with Crippen LogP contribution in [0.25, 0.3) is 0 Å². The third-order valence-electron chi connectivity index (χ3n) is 2.35. The molecule has 0 radical (unpaired) electrons. The third kappa shape index (κ3) is 4.48. The second-order valence-corrected chi connectivity index (χ2v) is 3.85. The first-order chi connectivity index (χ1) is 7.24. The van der Waals surface area contributed by atoms with Crippen molar-refractivity contribution >= 4 is 6.03 Å². The van der Waals surface area contributed by atoms with Crippen molar-refractivity contribution in [3.8, 4) is 0 Å². The molecule has 5 nitrogen and oxygen atoms in total. The molecule has 1 fully saturated rings.